The van der Waals surface area contributed by atoms with Crippen molar-refractivity contribution in [2.45, 2.75) is 46.2 Å². The first-order chi connectivity index (χ1) is 8.77. The standard InChI is InChI=1S/C14H23N5/c1-10(16-12-7-15-18(6)8-12)13-9-19(14(3,4)5)17-11(13)2/h7-10,16H,1-6H3/t10-/m0/s1. The first kappa shape index (κ1) is 13.6. The van der Waals surface area contributed by atoms with E-state index < -0.39 is 0 Å². The van der Waals surface area contributed by atoms with Crippen LogP contribution in [0.3, 0.4) is 0 Å². The number of nitrogens with one attached hydrogen (secondary N) is 1. The molecule has 1 N–H and O–H groups in total. The minimum absolute atomic E-state index is 0.0109. The van der Waals surface area contributed by atoms with Crippen LogP contribution in [0, 0.1) is 6.92 Å². The van der Waals surface area contributed by atoms with Gasteiger partial charge in [0.25, 0.3) is 0 Å². The van der Waals surface area contributed by atoms with Crippen molar-refractivity contribution in [2.24, 2.45) is 7.05 Å². The van der Waals surface area contributed by atoms with Crippen LogP contribution >= 0.6 is 0 Å². The number of hydrogen-bond donors (Lipinski definition) is 1. The Labute approximate surface area is 114 Å². The second kappa shape index (κ2) is 4.72. The molecule has 0 aliphatic carbocycles. The van der Waals surface area contributed by atoms with Gasteiger partial charge < -0.3 is 5.32 Å². The van der Waals surface area contributed by atoms with Gasteiger partial charge in [-0.15, -0.1) is 0 Å². The van der Waals surface area contributed by atoms with Crippen molar-refractivity contribution in [1.29, 1.82) is 0 Å². The third-order valence-electron chi connectivity index (χ3n) is 3.18. The molecule has 0 saturated carbocycles. The second-order valence-corrected chi connectivity index (χ2v) is 6.05. The highest BCUT2D eigenvalue weighted by atomic mass is 15.3. The van der Waals surface area contributed by atoms with Gasteiger partial charge in [0, 0.05) is 25.0 Å². The normalized spacial score (nSPS) is 13.6. The van der Waals surface area contributed by atoms with E-state index in [9.17, 15) is 0 Å². The Kier molecular flexibility index (Phi) is 3.39. The van der Waals surface area contributed by atoms with Gasteiger partial charge >= 0.3 is 0 Å². The Hall–Kier alpha value is -1.78. The van der Waals surface area contributed by atoms with Gasteiger partial charge in [0.05, 0.1) is 29.2 Å². The van der Waals surface area contributed by atoms with Gasteiger partial charge in [0.1, 0.15) is 0 Å². The molecule has 2 aromatic heterocycles. The summed E-state index contributed by atoms with van der Waals surface area (Å²) < 4.78 is 3.82. The predicted octanol–water partition coefficient (Wildman–Crippen LogP) is 2.85. The van der Waals surface area contributed by atoms with E-state index in [1.807, 2.05) is 24.1 Å². The second-order valence-electron chi connectivity index (χ2n) is 6.05. The summed E-state index contributed by atoms with van der Waals surface area (Å²) in [5.74, 6) is 0. The van der Waals surface area contributed by atoms with Crippen LogP contribution < -0.4 is 5.32 Å². The lowest BCUT2D eigenvalue weighted by molar-refractivity contribution is 0.354. The fourth-order valence-corrected chi connectivity index (χ4v) is 2.07. The highest BCUT2D eigenvalue weighted by Gasteiger charge is 2.19. The molecular formula is C14H23N5. The average molecular weight is 261 g/mol. The number of hydrogen-bond acceptors (Lipinski definition) is 3. The van der Waals surface area contributed by atoms with E-state index >= 15 is 0 Å². The van der Waals surface area contributed by atoms with Crippen molar-refractivity contribution in [3.63, 3.8) is 0 Å². The summed E-state index contributed by atoms with van der Waals surface area (Å²) in [6.07, 6.45) is 5.93. The lowest BCUT2D eigenvalue weighted by Gasteiger charge is -2.19. The van der Waals surface area contributed by atoms with Crippen LogP contribution in [0.2, 0.25) is 0 Å². The van der Waals surface area contributed by atoms with E-state index in [1.54, 1.807) is 4.68 Å². The number of aromatic nitrogens is 4. The van der Waals surface area contributed by atoms with Crippen molar-refractivity contribution in [2.75, 3.05) is 5.32 Å². The first-order valence-electron chi connectivity index (χ1n) is 6.59. The summed E-state index contributed by atoms with van der Waals surface area (Å²) in [6, 6.07) is 0.209. The summed E-state index contributed by atoms with van der Waals surface area (Å²) >= 11 is 0. The third kappa shape index (κ3) is 2.97. The lowest BCUT2D eigenvalue weighted by atomic mass is 10.1. The molecule has 0 unspecified atom stereocenters. The van der Waals surface area contributed by atoms with Gasteiger partial charge in [-0.1, -0.05) is 0 Å². The van der Waals surface area contributed by atoms with Gasteiger partial charge in [0.2, 0.25) is 0 Å². The SMILES string of the molecule is Cc1nn(C(C)(C)C)cc1[C@H](C)Nc1cnn(C)c1. The zero-order valence-corrected chi connectivity index (χ0v) is 12.6. The minimum atomic E-state index is 0.0109. The Morgan fingerprint density at radius 2 is 1.95 bits per heavy atom. The molecule has 0 amide bonds. The van der Waals surface area contributed by atoms with Crippen LogP contribution in [-0.2, 0) is 12.6 Å². The molecule has 5 nitrogen and oxygen atoms in total. The Bertz CT molecular complexity index is 559. The van der Waals surface area contributed by atoms with E-state index in [2.05, 4.69) is 56.3 Å². The van der Waals surface area contributed by atoms with E-state index in [0.717, 1.165) is 11.4 Å². The van der Waals surface area contributed by atoms with Gasteiger partial charge in [0.15, 0.2) is 0 Å². The van der Waals surface area contributed by atoms with E-state index in [1.165, 1.54) is 5.56 Å². The molecule has 0 spiro atoms. The Morgan fingerprint density at radius 1 is 1.26 bits per heavy atom. The summed E-state index contributed by atoms with van der Waals surface area (Å²) in [5.41, 5.74) is 3.33. The molecule has 0 aliphatic rings. The molecule has 2 aromatic rings. The van der Waals surface area contributed by atoms with Crippen LogP contribution in [-0.4, -0.2) is 19.6 Å². The summed E-state index contributed by atoms with van der Waals surface area (Å²) in [4.78, 5) is 0. The van der Waals surface area contributed by atoms with Crippen LogP contribution in [0.25, 0.3) is 0 Å². The molecular weight excluding hydrogens is 238 g/mol. The molecule has 104 valence electrons. The molecule has 19 heavy (non-hydrogen) atoms. The molecule has 1 atom stereocenters. The monoisotopic (exact) mass is 261 g/mol. The predicted molar refractivity (Wildman–Crippen MR) is 77.2 cm³/mol. The largest absolute Gasteiger partial charge is 0.376 e. The highest BCUT2D eigenvalue weighted by Crippen LogP contribution is 2.23. The number of nitrogens with zero attached hydrogens (tertiary/aromatic N) is 4. The fourth-order valence-electron chi connectivity index (χ4n) is 2.07. The van der Waals surface area contributed by atoms with Crippen molar-refractivity contribution < 1.29 is 0 Å². The van der Waals surface area contributed by atoms with Crippen molar-refractivity contribution >= 4 is 5.69 Å². The lowest BCUT2D eigenvalue weighted by Crippen LogP contribution is -2.22. The summed E-state index contributed by atoms with van der Waals surface area (Å²) in [7, 11) is 1.92. The third-order valence-corrected chi connectivity index (χ3v) is 3.18. The molecule has 0 saturated heterocycles. The van der Waals surface area contributed by atoms with Crippen LogP contribution in [0.15, 0.2) is 18.6 Å². The molecule has 0 fully saturated rings. The Balaban J connectivity index is 2.19. The van der Waals surface area contributed by atoms with Gasteiger partial charge in [-0.25, -0.2) is 0 Å². The van der Waals surface area contributed by atoms with E-state index in [4.69, 9.17) is 0 Å². The maximum atomic E-state index is 4.61. The molecule has 2 rings (SSSR count). The molecule has 2 heterocycles. The molecule has 0 radical (unpaired) electrons. The van der Waals surface area contributed by atoms with Crippen LogP contribution in [0.4, 0.5) is 5.69 Å². The topological polar surface area (TPSA) is 47.7 Å². The van der Waals surface area contributed by atoms with Crippen LogP contribution in [0.1, 0.15) is 45.0 Å². The molecule has 0 aromatic carbocycles. The van der Waals surface area contributed by atoms with Crippen molar-refractivity contribution in [1.82, 2.24) is 19.6 Å². The average Bonchev–Trinajstić information content (AvgIpc) is 2.84. The van der Waals surface area contributed by atoms with Crippen molar-refractivity contribution in [3.8, 4) is 0 Å². The number of aryl methyl sites for hydroxylation is 2. The van der Waals surface area contributed by atoms with Gasteiger partial charge in [-0.05, 0) is 34.6 Å². The van der Waals surface area contributed by atoms with Crippen molar-refractivity contribution in [3.05, 3.63) is 29.8 Å². The fraction of sp³-hybridized carbons (Fsp3) is 0.571. The van der Waals surface area contributed by atoms with Crippen LogP contribution in [0.5, 0.6) is 0 Å². The number of anilines is 1. The number of rotatable bonds is 3. The van der Waals surface area contributed by atoms with E-state index in [0.29, 0.717) is 0 Å². The molecule has 5 heteroatoms. The first-order valence-corrected chi connectivity index (χ1v) is 6.59. The van der Waals surface area contributed by atoms with Gasteiger partial charge in [-0.2, -0.15) is 10.2 Å². The maximum absolute atomic E-state index is 4.61. The smallest absolute Gasteiger partial charge is 0.0731 e. The summed E-state index contributed by atoms with van der Waals surface area (Å²) in [5, 5.41) is 12.2. The zero-order valence-electron chi connectivity index (χ0n) is 12.6. The summed E-state index contributed by atoms with van der Waals surface area (Å²) in [6.45, 7) is 10.7. The molecule has 0 aliphatic heterocycles. The van der Waals surface area contributed by atoms with Gasteiger partial charge in [-0.3, -0.25) is 9.36 Å². The highest BCUT2D eigenvalue weighted by molar-refractivity contribution is 5.41. The minimum Gasteiger partial charge on any atom is -0.376 e. The quantitative estimate of drug-likeness (QED) is 0.924. The Morgan fingerprint density at radius 3 is 2.42 bits per heavy atom. The van der Waals surface area contributed by atoms with E-state index in [-0.39, 0.29) is 11.6 Å². The zero-order chi connectivity index (χ0) is 14.2. The molecule has 0 bridgehead atoms. The maximum Gasteiger partial charge on any atom is 0.0731 e.